The predicted octanol–water partition coefficient (Wildman–Crippen LogP) is 2.18. The van der Waals surface area contributed by atoms with E-state index in [9.17, 15) is 13.2 Å². The van der Waals surface area contributed by atoms with Gasteiger partial charge in [0.25, 0.3) is 0 Å². The minimum atomic E-state index is -3.66. The number of hydrogen-bond acceptors (Lipinski definition) is 9. The summed E-state index contributed by atoms with van der Waals surface area (Å²) in [6.45, 7) is 6.59. The normalized spacial score (nSPS) is 22.3. The summed E-state index contributed by atoms with van der Waals surface area (Å²) in [4.78, 5) is 20.7. The number of hydrogen-bond donors (Lipinski definition) is 0. The van der Waals surface area contributed by atoms with Gasteiger partial charge in [0.1, 0.15) is 0 Å². The summed E-state index contributed by atoms with van der Waals surface area (Å²) in [5.74, 6) is 0.271. The Balaban J connectivity index is 1.21. The number of piperidine rings is 2. The van der Waals surface area contributed by atoms with Crippen molar-refractivity contribution in [1.29, 1.82) is 0 Å². The van der Waals surface area contributed by atoms with E-state index in [0.29, 0.717) is 86.5 Å². The first-order valence-electron chi connectivity index (χ1n) is 11.3. The van der Waals surface area contributed by atoms with Crippen LogP contribution in [0.5, 0.6) is 0 Å². The Hall–Kier alpha value is -1.86. The van der Waals surface area contributed by atoms with Crippen molar-refractivity contribution >= 4 is 27.3 Å². The van der Waals surface area contributed by atoms with Gasteiger partial charge in [0.15, 0.2) is 5.79 Å². The molecule has 0 bridgehead atoms. The average molecular weight is 497 g/mol. The molecule has 1 amide bonds. The van der Waals surface area contributed by atoms with Gasteiger partial charge in [0, 0.05) is 56.7 Å². The number of likely N-dealkylation sites (tertiary alicyclic amines) is 1. The number of rotatable bonds is 4. The molecule has 3 aliphatic rings. The average Bonchev–Trinajstić information content (AvgIpc) is 3.54. The van der Waals surface area contributed by atoms with Gasteiger partial charge in [-0.25, -0.2) is 8.42 Å². The van der Waals surface area contributed by atoms with Gasteiger partial charge in [-0.2, -0.15) is 9.29 Å². The molecule has 3 aliphatic heterocycles. The number of carbonyl (C=O) groups is 1. The maximum atomic E-state index is 13.3. The van der Waals surface area contributed by atoms with Crippen LogP contribution in [0.4, 0.5) is 0 Å². The minimum absolute atomic E-state index is 0.112. The number of aryl methyl sites for hydroxylation is 2. The molecule has 5 heterocycles. The van der Waals surface area contributed by atoms with Gasteiger partial charge < -0.3 is 18.9 Å². The van der Waals surface area contributed by atoms with Crippen molar-refractivity contribution in [2.24, 2.45) is 5.92 Å². The highest BCUT2D eigenvalue weighted by Gasteiger charge is 2.42. The van der Waals surface area contributed by atoms with Gasteiger partial charge in [-0.3, -0.25) is 4.79 Å². The zero-order valence-corrected chi connectivity index (χ0v) is 20.4. The van der Waals surface area contributed by atoms with Crippen LogP contribution in [0.1, 0.15) is 36.5 Å². The van der Waals surface area contributed by atoms with Crippen LogP contribution in [0.2, 0.25) is 0 Å². The van der Waals surface area contributed by atoms with E-state index in [2.05, 4.69) is 10.1 Å². The molecule has 0 N–H and O–H groups in total. The summed E-state index contributed by atoms with van der Waals surface area (Å²) in [6.07, 6.45) is 2.41. The first kappa shape index (κ1) is 22.9. The van der Waals surface area contributed by atoms with Crippen LogP contribution in [-0.4, -0.2) is 78.9 Å². The first-order valence-corrected chi connectivity index (χ1v) is 13.5. The number of amides is 1. The number of sulfonamides is 1. The third-order valence-corrected chi connectivity index (χ3v) is 9.89. The highest BCUT2D eigenvalue weighted by molar-refractivity contribution is 7.89. The van der Waals surface area contributed by atoms with Crippen molar-refractivity contribution in [3.8, 4) is 10.7 Å². The second kappa shape index (κ2) is 8.73. The maximum Gasteiger partial charge on any atom is 0.244 e. The van der Waals surface area contributed by atoms with E-state index >= 15 is 0 Å². The van der Waals surface area contributed by atoms with E-state index in [1.165, 1.54) is 15.6 Å². The summed E-state index contributed by atoms with van der Waals surface area (Å²) >= 11 is 1.33. The Bertz CT molecular complexity index is 1120. The zero-order chi connectivity index (χ0) is 23.2. The molecule has 2 aromatic heterocycles. The summed E-state index contributed by atoms with van der Waals surface area (Å²) in [5.41, 5.74) is 0. The highest BCUT2D eigenvalue weighted by Crippen LogP contribution is 2.36. The van der Waals surface area contributed by atoms with E-state index in [1.54, 1.807) is 19.9 Å². The van der Waals surface area contributed by atoms with Crippen molar-refractivity contribution in [3.05, 3.63) is 16.8 Å². The Morgan fingerprint density at radius 3 is 2.39 bits per heavy atom. The van der Waals surface area contributed by atoms with Gasteiger partial charge in [-0.15, -0.1) is 11.3 Å². The Labute approximate surface area is 196 Å². The molecule has 10 nitrogen and oxygen atoms in total. The van der Waals surface area contributed by atoms with Crippen LogP contribution in [-0.2, 0) is 24.3 Å². The molecule has 180 valence electrons. The molecule has 33 heavy (non-hydrogen) atoms. The van der Waals surface area contributed by atoms with Crippen LogP contribution in [0, 0.1) is 19.8 Å². The van der Waals surface area contributed by atoms with Crippen molar-refractivity contribution in [2.45, 2.75) is 50.2 Å². The monoisotopic (exact) mass is 496 g/mol. The van der Waals surface area contributed by atoms with Gasteiger partial charge >= 0.3 is 0 Å². The summed E-state index contributed by atoms with van der Waals surface area (Å²) in [6, 6.07) is 1.62. The van der Waals surface area contributed by atoms with Crippen molar-refractivity contribution in [2.75, 3.05) is 39.4 Å². The topological polar surface area (TPSA) is 115 Å². The standard InChI is InChI=1S/C21H28N4O6S2/c1-14-18(13-17(32-14)19-22-15(2)31-23-19)33(27,28)25-7-3-16(4-8-25)20(26)24-9-5-21(6-10-24)29-11-12-30-21/h13,16H,3-12H2,1-2H3. The number of aromatic nitrogens is 2. The van der Waals surface area contributed by atoms with E-state index in [0.717, 1.165) is 0 Å². The largest absolute Gasteiger partial charge is 0.347 e. The Morgan fingerprint density at radius 2 is 1.79 bits per heavy atom. The molecule has 0 radical (unpaired) electrons. The predicted molar refractivity (Wildman–Crippen MR) is 119 cm³/mol. The maximum absolute atomic E-state index is 13.3. The van der Waals surface area contributed by atoms with E-state index < -0.39 is 15.8 Å². The molecule has 0 unspecified atom stereocenters. The molecule has 3 saturated heterocycles. The smallest absolute Gasteiger partial charge is 0.244 e. The fraction of sp³-hybridized carbons (Fsp3) is 0.667. The van der Waals surface area contributed by atoms with Crippen molar-refractivity contribution in [3.63, 3.8) is 0 Å². The summed E-state index contributed by atoms with van der Waals surface area (Å²) < 4.78 is 44.6. The molecule has 0 saturated carbocycles. The number of ether oxygens (including phenoxy) is 2. The summed E-state index contributed by atoms with van der Waals surface area (Å²) in [7, 11) is -3.66. The fourth-order valence-corrected chi connectivity index (χ4v) is 7.78. The number of carbonyl (C=O) groups excluding carboxylic acids is 1. The van der Waals surface area contributed by atoms with Gasteiger partial charge in [0.05, 0.1) is 23.0 Å². The van der Waals surface area contributed by atoms with Crippen LogP contribution < -0.4 is 0 Å². The Morgan fingerprint density at radius 1 is 1.12 bits per heavy atom. The van der Waals surface area contributed by atoms with Gasteiger partial charge in [0.2, 0.25) is 27.6 Å². The van der Waals surface area contributed by atoms with E-state index in [-0.39, 0.29) is 16.7 Å². The third-order valence-electron chi connectivity index (χ3n) is 6.69. The molecule has 3 fully saturated rings. The SMILES string of the molecule is Cc1nc(-c2cc(S(=O)(=O)N3CCC(C(=O)N4CCC5(CC4)OCCO5)CC3)c(C)s2)no1. The first-order chi connectivity index (χ1) is 15.8. The number of nitrogens with zero attached hydrogens (tertiary/aromatic N) is 4. The van der Waals surface area contributed by atoms with Crippen LogP contribution >= 0.6 is 11.3 Å². The molecular weight excluding hydrogens is 468 g/mol. The number of thiophene rings is 1. The van der Waals surface area contributed by atoms with Crippen molar-refractivity contribution < 1.29 is 27.2 Å². The lowest BCUT2D eigenvalue weighted by Gasteiger charge is -2.40. The van der Waals surface area contributed by atoms with Gasteiger partial charge in [-0.1, -0.05) is 5.16 Å². The summed E-state index contributed by atoms with van der Waals surface area (Å²) in [5, 5.41) is 3.89. The fourth-order valence-electron chi connectivity index (χ4n) is 4.82. The van der Waals surface area contributed by atoms with Crippen LogP contribution in [0.3, 0.4) is 0 Å². The Kier molecular flexibility index (Phi) is 6.06. The second-order valence-electron chi connectivity index (χ2n) is 8.78. The molecule has 0 aromatic carbocycles. The molecule has 5 rings (SSSR count). The quantitative estimate of drug-likeness (QED) is 0.633. The van der Waals surface area contributed by atoms with E-state index in [1.807, 2.05) is 4.90 Å². The van der Waals surface area contributed by atoms with Crippen molar-refractivity contribution in [1.82, 2.24) is 19.3 Å². The lowest BCUT2D eigenvalue weighted by molar-refractivity contribution is -0.188. The molecule has 1 spiro atoms. The van der Waals surface area contributed by atoms with Crippen LogP contribution in [0.15, 0.2) is 15.5 Å². The third kappa shape index (κ3) is 4.34. The molecule has 0 atom stereocenters. The molecule has 2 aromatic rings. The lowest BCUT2D eigenvalue weighted by Crippen LogP contribution is -2.50. The van der Waals surface area contributed by atoms with Gasteiger partial charge in [-0.05, 0) is 25.8 Å². The highest BCUT2D eigenvalue weighted by atomic mass is 32.2. The lowest BCUT2D eigenvalue weighted by atomic mass is 9.94. The molecular formula is C21H28N4O6S2. The van der Waals surface area contributed by atoms with E-state index in [4.69, 9.17) is 14.0 Å². The molecule has 12 heteroatoms. The van der Waals surface area contributed by atoms with Crippen LogP contribution in [0.25, 0.3) is 10.7 Å². The second-order valence-corrected chi connectivity index (χ2v) is 11.9. The minimum Gasteiger partial charge on any atom is -0.347 e. The zero-order valence-electron chi connectivity index (χ0n) is 18.8. The molecule has 0 aliphatic carbocycles.